The highest BCUT2D eigenvalue weighted by atomic mass is 16.5. The molecule has 1 unspecified atom stereocenters. The van der Waals surface area contributed by atoms with Gasteiger partial charge >= 0.3 is 0 Å². The number of methoxy groups -OCH3 is 1. The maximum atomic E-state index is 10.8. The SMILES string of the molecule is C/C=C/C(=O)NCC(C)OC. The van der Waals surface area contributed by atoms with Crippen LogP contribution in [0.25, 0.3) is 0 Å². The van der Waals surface area contributed by atoms with Gasteiger partial charge in [-0.25, -0.2) is 0 Å². The molecule has 0 rings (SSSR count). The third-order valence-corrected chi connectivity index (χ3v) is 1.28. The van der Waals surface area contributed by atoms with Crippen LogP contribution in [0.3, 0.4) is 0 Å². The van der Waals surface area contributed by atoms with Gasteiger partial charge in [0.2, 0.25) is 5.91 Å². The van der Waals surface area contributed by atoms with Crippen molar-refractivity contribution in [3.8, 4) is 0 Å². The van der Waals surface area contributed by atoms with E-state index in [0.717, 1.165) is 0 Å². The van der Waals surface area contributed by atoms with E-state index in [1.807, 2.05) is 6.92 Å². The minimum Gasteiger partial charge on any atom is -0.380 e. The van der Waals surface area contributed by atoms with Crippen molar-refractivity contribution in [3.63, 3.8) is 0 Å². The van der Waals surface area contributed by atoms with E-state index in [1.165, 1.54) is 6.08 Å². The first-order valence-electron chi connectivity index (χ1n) is 3.64. The molecule has 0 saturated carbocycles. The number of nitrogens with one attached hydrogen (secondary N) is 1. The van der Waals surface area contributed by atoms with Crippen LogP contribution in [-0.4, -0.2) is 25.7 Å². The minimum atomic E-state index is -0.0728. The first-order valence-corrected chi connectivity index (χ1v) is 3.64. The second-order valence-electron chi connectivity index (χ2n) is 2.29. The Morgan fingerprint density at radius 1 is 1.73 bits per heavy atom. The lowest BCUT2D eigenvalue weighted by Gasteiger charge is -2.08. The molecule has 1 amide bonds. The van der Waals surface area contributed by atoms with E-state index >= 15 is 0 Å². The van der Waals surface area contributed by atoms with Crippen LogP contribution in [0.2, 0.25) is 0 Å². The van der Waals surface area contributed by atoms with Crippen molar-refractivity contribution in [1.29, 1.82) is 0 Å². The zero-order valence-corrected chi connectivity index (χ0v) is 7.26. The number of carbonyl (C=O) groups is 1. The maximum absolute atomic E-state index is 10.8. The number of amides is 1. The van der Waals surface area contributed by atoms with Crippen LogP contribution in [0, 0.1) is 0 Å². The monoisotopic (exact) mass is 157 g/mol. The Labute approximate surface area is 67.4 Å². The number of ether oxygens (including phenoxy) is 1. The van der Waals surface area contributed by atoms with Crippen molar-refractivity contribution in [3.05, 3.63) is 12.2 Å². The van der Waals surface area contributed by atoms with Crippen LogP contribution in [0.4, 0.5) is 0 Å². The summed E-state index contributed by atoms with van der Waals surface area (Å²) in [6, 6.07) is 0. The van der Waals surface area contributed by atoms with Crippen LogP contribution in [0.5, 0.6) is 0 Å². The quantitative estimate of drug-likeness (QED) is 0.610. The zero-order valence-electron chi connectivity index (χ0n) is 7.26. The standard InChI is InChI=1S/C8H15NO2/c1-4-5-8(10)9-6-7(2)11-3/h4-5,7H,6H2,1-3H3,(H,9,10)/b5-4+. The molecule has 1 N–H and O–H groups in total. The molecule has 11 heavy (non-hydrogen) atoms. The molecular formula is C8H15NO2. The van der Waals surface area contributed by atoms with Crippen LogP contribution in [0.15, 0.2) is 12.2 Å². The van der Waals surface area contributed by atoms with Gasteiger partial charge in [0, 0.05) is 13.7 Å². The molecule has 0 aliphatic rings. The average Bonchev–Trinajstić information content (AvgIpc) is 2.01. The van der Waals surface area contributed by atoms with Crippen molar-refractivity contribution in [2.45, 2.75) is 20.0 Å². The second-order valence-corrected chi connectivity index (χ2v) is 2.29. The van der Waals surface area contributed by atoms with Gasteiger partial charge < -0.3 is 10.1 Å². The van der Waals surface area contributed by atoms with Crippen LogP contribution in [-0.2, 0) is 9.53 Å². The average molecular weight is 157 g/mol. The van der Waals surface area contributed by atoms with Crippen molar-refractivity contribution >= 4 is 5.91 Å². The highest BCUT2D eigenvalue weighted by Gasteiger charge is 1.99. The summed E-state index contributed by atoms with van der Waals surface area (Å²) in [7, 11) is 1.62. The summed E-state index contributed by atoms with van der Waals surface area (Å²) >= 11 is 0. The highest BCUT2D eigenvalue weighted by Crippen LogP contribution is 1.83. The molecule has 0 saturated heterocycles. The zero-order chi connectivity index (χ0) is 8.69. The van der Waals surface area contributed by atoms with E-state index in [0.29, 0.717) is 6.54 Å². The third-order valence-electron chi connectivity index (χ3n) is 1.28. The van der Waals surface area contributed by atoms with Gasteiger partial charge in [-0.15, -0.1) is 0 Å². The molecule has 0 heterocycles. The minimum absolute atomic E-state index is 0.0728. The number of hydrogen-bond donors (Lipinski definition) is 1. The molecule has 0 aliphatic carbocycles. The van der Waals surface area contributed by atoms with Crippen LogP contribution < -0.4 is 5.32 Å². The summed E-state index contributed by atoms with van der Waals surface area (Å²) in [6.07, 6.45) is 3.26. The molecule has 0 spiro atoms. The Morgan fingerprint density at radius 2 is 2.36 bits per heavy atom. The molecule has 0 aliphatic heterocycles. The Hall–Kier alpha value is -0.830. The van der Waals surface area contributed by atoms with Gasteiger partial charge in [0.25, 0.3) is 0 Å². The number of allylic oxidation sites excluding steroid dienone is 1. The fourth-order valence-electron chi connectivity index (χ4n) is 0.538. The van der Waals surface area contributed by atoms with E-state index in [-0.39, 0.29) is 12.0 Å². The predicted octanol–water partition coefficient (Wildman–Crippen LogP) is 0.714. The molecule has 3 nitrogen and oxygen atoms in total. The lowest BCUT2D eigenvalue weighted by molar-refractivity contribution is -0.117. The topological polar surface area (TPSA) is 38.3 Å². The molecule has 0 aromatic rings. The lowest BCUT2D eigenvalue weighted by atomic mass is 10.4. The summed E-state index contributed by atoms with van der Waals surface area (Å²) in [5, 5.41) is 2.68. The largest absolute Gasteiger partial charge is 0.380 e. The van der Waals surface area contributed by atoms with Gasteiger partial charge in [0.15, 0.2) is 0 Å². The first-order chi connectivity index (χ1) is 5.20. The normalized spacial score (nSPS) is 13.4. The van der Waals surface area contributed by atoms with E-state index in [4.69, 9.17) is 4.74 Å². The molecule has 0 aromatic heterocycles. The van der Waals surface area contributed by atoms with Crippen molar-refractivity contribution in [1.82, 2.24) is 5.32 Å². The van der Waals surface area contributed by atoms with Crippen molar-refractivity contribution in [2.75, 3.05) is 13.7 Å². The Balaban J connectivity index is 3.45. The molecular weight excluding hydrogens is 142 g/mol. The van der Waals surface area contributed by atoms with E-state index < -0.39 is 0 Å². The summed E-state index contributed by atoms with van der Waals surface area (Å²) in [5.41, 5.74) is 0. The van der Waals surface area contributed by atoms with Crippen LogP contribution >= 0.6 is 0 Å². The molecule has 0 bridgehead atoms. The van der Waals surface area contributed by atoms with Crippen molar-refractivity contribution in [2.24, 2.45) is 0 Å². The third kappa shape index (κ3) is 5.61. The van der Waals surface area contributed by atoms with E-state index in [2.05, 4.69) is 5.32 Å². The van der Waals surface area contributed by atoms with Gasteiger partial charge in [0.1, 0.15) is 0 Å². The fraction of sp³-hybridized carbons (Fsp3) is 0.625. The Morgan fingerprint density at radius 3 is 2.82 bits per heavy atom. The molecule has 0 fully saturated rings. The van der Waals surface area contributed by atoms with Crippen molar-refractivity contribution < 1.29 is 9.53 Å². The van der Waals surface area contributed by atoms with Gasteiger partial charge in [-0.3, -0.25) is 4.79 Å². The highest BCUT2D eigenvalue weighted by molar-refractivity contribution is 5.87. The van der Waals surface area contributed by atoms with Crippen LogP contribution in [0.1, 0.15) is 13.8 Å². The number of carbonyl (C=O) groups excluding carboxylic acids is 1. The maximum Gasteiger partial charge on any atom is 0.243 e. The first kappa shape index (κ1) is 10.2. The fourth-order valence-corrected chi connectivity index (χ4v) is 0.538. The second kappa shape index (κ2) is 5.92. The smallest absolute Gasteiger partial charge is 0.243 e. The summed E-state index contributed by atoms with van der Waals surface area (Å²) in [4.78, 5) is 10.8. The van der Waals surface area contributed by atoms with E-state index in [1.54, 1.807) is 20.1 Å². The van der Waals surface area contributed by atoms with Gasteiger partial charge in [-0.2, -0.15) is 0 Å². The van der Waals surface area contributed by atoms with E-state index in [9.17, 15) is 4.79 Å². The summed E-state index contributed by atoms with van der Waals surface area (Å²) in [5.74, 6) is -0.0728. The molecule has 0 radical (unpaired) electrons. The van der Waals surface area contributed by atoms with Gasteiger partial charge in [-0.1, -0.05) is 6.08 Å². The van der Waals surface area contributed by atoms with Gasteiger partial charge in [-0.05, 0) is 19.9 Å². The summed E-state index contributed by atoms with van der Waals surface area (Å²) in [6.45, 7) is 4.26. The predicted molar refractivity (Wildman–Crippen MR) is 44.3 cm³/mol. The molecule has 64 valence electrons. The van der Waals surface area contributed by atoms with Gasteiger partial charge in [0.05, 0.1) is 6.10 Å². The molecule has 1 atom stereocenters. The molecule has 0 aromatic carbocycles. The Bertz CT molecular complexity index is 143. The number of hydrogen-bond acceptors (Lipinski definition) is 2. The lowest BCUT2D eigenvalue weighted by Crippen LogP contribution is -2.30. The number of rotatable bonds is 4. The Kier molecular flexibility index (Phi) is 5.47. The molecule has 3 heteroatoms. The summed E-state index contributed by atoms with van der Waals surface area (Å²) < 4.78 is 4.94.